The van der Waals surface area contributed by atoms with Gasteiger partial charge in [0.15, 0.2) is 11.5 Å². The standard InChI is InChI=1S/C19H22N6O2/c1-12(18-21-13(2)23-24-18)20-19(26)16-11-27-17(22-16)10-25-8-7-14-5-3-4-6-15(14)9-25/h3-6,11-12H,7-10H2,1-2H3,(H,20,26)(H,21,23,24)/t12-/m1/s1. The number of benzene rings is 1. The van der Waals surface area contributed by atoms with Crippen LogP contribution in [-0.2, 0) is 19.5 Å². The molecule has 2 aromatic heterocycles. The van der Waals surface area contributed by atoms with Gasteiger partial charge in [-0.2, -0.15) is 5.10 Å². The second-order valence-corrected chi connectivity index (χ2v) is 6.83. The van der Waals surface area contributed by atoms with Gasteiger partial charge in [0, 0.05) is 13.1 Å². The molecule has 1 amide bonds. The van der Waals surface area contributed by atoms with Gasteiger partial charge in [-0.3, -0.25) is 14.8 Å². The van der Waals surface area contributed by atoms with Crippen molar-refractivity contribution in [2.45, 2.75) is 39.4 Å². The van der Waals surface area contributed by atoms with Gasteiger partial charge in [-0.05, 0) is 31.4 Å². The average molecular weight is 366 g/mol. The van der Waals surface area contributed by atoms with Crippen LogP contribution in [0.2, 0.25) is 0 Å². The minimum atomic E-state index is -0.318. The fraction of sp³-hybridized carbons (Fsp3) is 0.368. The Morgan fingerprint density at radius 2 is 2.15 bits per heavy atom. The lowest BCUT2D eigenvalue weighted by Gasteiger charge is -2.27. The van der Waals surface area contributed by atoms with Crippen molar-refractivity contribution >= 4 is 5.91 Å². The number of fused-ring (bicyclic) bond motifs is 1. The number of carbonyl (C=O) groups is 1. The number of aromatic nitrogens is 4. The van der Waals surface area contributed by atoms with Gasteiger partial charge in [-0.15, -0.1) is 0 Å². The Morgan fingerprint density at radius 3 is 2.93 bits per heavy atom. The molecule has 0 aliphatic carbocycles. The van der Waals surface area contributed by atoms with Crippen LogP contribution in [0.15, 0.2) is 34.9 Å². The molecule has 0 fully saturated rings. The molecule has 0 saturated heterocycles. The molecule has 0 radical (unpaired) electrons. The number of H-pyrrole nitrogens is 1. The minimum absolute atomic E-state index is 0.265. The quantitative estimate of drug-likeness (QED) is 0.718. The SMILES string of the molecule is Cc1nc([C@@H](C)NC(=O)c2coc(CN3CCc4ccccc4C3)n2)n[nH]1. The molecule has 0 bridgehead atoms. The van der Waals surface area contributed by atoms with Gasteiger partial charge in [0.25, 0.3) is 5.91 Å². The van der Waals surface area contributed by atoms with E-state index in [0.29, 0.717) is 24.1 Å². The predicted molar refractivity (Wildman–Crippen MR) is 97.8 cm³/mol. The maximum Gasteiger partial charge on any atom is 0.273 e. The van der Waals surface area contributed by atoms with E-state index in [9.17, 15) is 4.79 Å². The van der Waals surface area contributed by atoms with E-state index in [1.165, 1.54) is 17.4 Å². The lowest BCUT2D eigenvalue weighted by molar-refractivity contribution is 0.0933. The summed E-state index contributed by atoms with van der Waals surface area (Å²) in [7, 11) is 0. The number of hydrogen-bond donors (Lipinski definition) is 2. The van der Waals surface area contributed by atoms with E-state index in [1.54, 1.807) is 0 Å². The highest BCUT2D eigenvalue weighted by atomic mass is 16.3. The van der Waals surface area contributed by atoms with Crippen molar-refractivity contribution in [1.29, 1.82) is 0 Å². The number of hydrogen-bond acceptors (Lipinski definition) is 6. The fourth-order valence-corrected chi connectivity index (χ4v) is 3.26. The topological polar surface area (TPSA) is 99.9 Å². The van der Waals surface area contributed by atoms with Crippen molar-refractivity contribution in [2.75, 3.05) is 6.54 Å². The maximum absolute atomic E-state index is 12.4. The molecule has 8 nitrogen and oxygen atoms in total. The highest BCUT2D eigenvalue weighted by Crippen LogP contribution is 2.20. The Balaban J connectivity index is 1.36. The molecule has 1 aliphatic rings. The van der Waals surface area contributed by atoms with Crippen LogP contribution in [0.4, 0.5) is 0 Å². The van der Waals surface area contributed by atoms with E-state index in [1.807, 2.05) is 13.8 Å². The van der Waals surface area contributed by atoms with Gasteiger partial charge in [-0.25, -0.2) is 9.97 Å². The highest BCUT2D eigenvalue weighted by molar-refractivity contribution is 5.92. The molecule has 0 saturated carbocycles. The number of carbonyl (C=O) groups excluding carboxylic acids is 1. The molecule has 2 N–H and O–H groups in total. The number of oxazole rings is 1. The van der Waals surface area contributed by atoms with Crippen molar-refractivity contribution < 1.29 is 9.21 Å². The first kappa shape index (κ1) is 17.4. The monoisotopic (exact) mass is 366 g/mol. The number of rotatable bonds is 5. The van der Waals surface area contributed by atoms with Crippen LogP contribution in [0, 0.1) is 6.92 Å². The summed E-state index contributed by atoms with van der Waals surface area (Å²) in [5, 5.41) is 9.66. The van der Waals surface area contributed by atoms with Gasteiger partial charge >= 0.3 is 0 Å². The van der Waals surface area contributed by atoms with Crippen LogP contribution in [-0.4, -0.2) is 37.5 Å². The van der Waals surface area contributed by atoms with Crippen LogP contribution in [0.25, 0.3) is 0 Å². The molecule has 3 heterocycles. The molecule has 4 rings (SSSR count). The fourth-order valence-electron chi connectivity index (χ4n) is 3.26. The van der Waals surface area contributed by atoms with E-state index < -0.39 is 0 Å². The number of nitrogens with zero attached hydrogens (tertiary/aromatic N) is 4. The maximum atomic E-state index is 12.4. The summed E-state index contributed by atoms with van der Waals surface area (Å²) in [5.74, 6) is 1.49. The van der Waals surface area contributed by atoms with E-state index in [2.05, 4.69) is 54.6 Å². The number of amides is 1. The summed E-state index contributed by atoms with van der Waals surface area (Å²) in [5.41, 5.74) is 3.00. The van der Waals surface area contributed by atoms with Crippen molar-refractivity contribution in [1.82, 2.24) is 30.4 Å². The lowest BCUT2D eigenvalue weighted by Crippen LogP contribution is -2.30. The summed E-state index contributed by atoms with van der Waals surface area (Å²) < 4.78 is 5.52. The Labute approximate surface area is 157 Å². The summed E-state index contributed by atoms with van der Waals surface area (Å²) in [6.07, 6.45) is 2.41. The van der Waals surface area contributed by atoms with Gasteiger partial charge in [-0.1, -0.05) is 24.3 Å². The second kappa shape index (κ2) is 7.32. The summed E-state index contributed by atoms with van der Waals surface area (Å²) in [4.78, 5) is 23.2. The van der Waals surface area contributed by atoms with Gasteiger partial charge in [0.05, 0.1) is 12.6 Å². The van der Waals surface area contributed by atoms with Crippen LogP contribution in [0.1, 0.15) is 52.1 Å². The van der Waals surface area contributed by atoms with Gasteiger partial charge < -0.3 is 9.73 Å². The Bertz CT molecular complexity index is 947. The molecule has 3 aromatic rings. The zero-order valence-electron chi connectivity index (χ0n) is 15.4. The van der Waals surface area contributed by atoms with Crippen LogP contribution >= 0.6 is 0 Å². The summed E-state index contributed by atoms with van der Waals surface area (Å²) in [6.45, 7) is 6.03. The normalized spacial score (nSPS) is 15.3. The van der Waals surface area contributed by atoms with E-state index in [0.717, 1.165) is 19.5 Å². The van der Waals surface area contributed by atoms with Gasteiger partial charge in [0.1, 0.15) is 12.1 Å². The zero-order chi connectivity index (χ0) is 18.8. The molecular weight excluding hydrogens is 344 g/mol. The van der Waals surface area contributed by atoms with E-state index in [4.69, 9.17) is 4.42 Å². The van der Waals surface area contributed by atoms with Crippen molar-refractivity contribution in [2.24, 2.45) is 0 Å². The number of aryl methyl sites for hydroxylation is 1. The largest absolute Gasteiger partial charge is 0.447 e. The minimum Gasteiger partial charge on any atom is -0.447 e. The molecule has 140 valence electrons. The number of nitrogens with one attached hydrogen (secondary N) is 2. The van der Waals surface area contributed by atoms with Crippen LogP contribution in [0.5, 0.6) is 0 Å². The highest BCUT2D eigenvalue weighted by Gasteiger charge is 2.21. The molecule has 0 unspecified atom stereocenters. The van der Waals surface area contributed by atoms with Crippen LogP contribution < -0.4 is 5.32 Å². The molecule has 0 spiro atoms. The molecule has 8 heteroatoms. The first-order valence-electron chi connectivity index (χ1n) is 9.02. The summed E-state index contributed by atoms with van der Waals surface area (Å²) in [6, 6.07) is 8.15. The average Bonchev–Trinajstić information content (AvgIpc) is 3.31. The van der Waals surface area contributed by atoms with Crippen molar-refractivity contribution in [3.05, 3.63) is 64.9 Å². The smallest absolute Gasteiger partial charge is 0.273 e. The first-order valence-corrected chi connectivity index (χ1v) is 9.02. The Morgan fingerprint density at radius 1 is 1.33 bits per heavy atom. The number of aromatic amines is 1. The Kier molecular flexibility index (Phi) is 4.72. The molecule has 1 atom stereocenters. The van der Waals surface area contributed by atoms with Crippen LogP contribution in [0.3, 0.4) is 0 Å². The summed E-state index contributed by atoms with van der Waals surface area (Å²) >= 11 is 0. The van der Waals surface area contributed by atoms with E-state index in [-0.39, 0.29) is 17.6 Å². The third-order valence-electron chi connectivity index (χ3n) is 4.70. The zero-order valence-corrected chi connectivity index (χ0v) is 15.4. The lowest BCUT2D eigenvalue weighted by atomic mass is 10.00. The van der Waals surface area contributed by atoms with Crippen molar-refractivity contribution in [3.8, 4) is 0 Å². The van der Waals surface area contributed by atoms with E-state index >= 15 is 0 Å². The van der Waals surface area contributed by atoms with Crippen molar-refractivity contribution in [3.63, 3.8) is 0 Å². The Hall–Kier alpha value is -3.00. The van der Waals surface area contributed by atoms with Gasteiger partial charge in [0.2, 0.25) is 5.89 Å². The first-order chi connectivity index (χ1) is 13.1. The predicted octanol–water partition coefficient (Wildman–Crippen LogP) is 2.15. The third kappa shape index (κ3) is 3.90. The molecule has 27 heavy (non-hydrogen) atoms. The third-order valence-corrected chi connectivity index (χ3v) is 4.70. The molecule has 1 aromatic carbocycles. The molecular formula is C19H22N6O2. The molecule has 1 aliphatic heterocycles. The second-order valence-electron chi connectivity index (χ2n) is 6.83.